The zero-order valence-electron chi connectivity index (χ0n) is 32.9. The summed E-state index contributed by atoms with van der Waals surface area (Å²) in [6.45, 7) is 6.11. The Morgan fingerprint density at radius 2 is 1.56 bits per heavy atom. The Bertz CT molecular complexity index is 1970. The minimum atomic E-state index is -4.68. The van der Waals surface area contributed by atoms with Gasteiger partial charge in [-0.3, -0.25) is 4.79 Å². The van der Waals surface area contributed by atoms with E-state index in [4.69, 9.17) is 14.2 Å². The topological polar surface area (TPSA) is 60.0 Å². The third-order valence-electron chi connectivity index (χ3n) is 13.3. The molecule has 1 heterocycles. The van der Waals surface area contributed by atoms with Gasteiger partial charge in [-0.15, -0.1) is 0 Å². The minimum Gasteiger partial charge on any atom is -0.490 e. The molecule has 1 saturated heterocycles. The van der Waals surface area contributed by atoms with Crippen LogP contribution < -0.4 is 14.8 Å². The predicted octanol–water partition coefficient (Wildman–Crippen LogP) is 11.0. The second kappa shape index (κ2) is 17.3. The lowest BCUT2D eigenvalue weighted by atomic mass is 9.54. The largest absolute Gasteiger partial charge is 0.490 e. The second-order valence-electron chi connectivity index (χ2n) is 17.0. The number of ether oxygens (including phenoxy) is 3. The number of anilines is 1. The third-order valence-corrected chi connectivity index (χ3v) is 13.3. The van der Waals surface area contributed by atoms with Gasteiger partial charge in [-0.25, -0.2) is 0 Å². The molecular formula is C48H55F3N2O4. The molecule has 6 atom stereocenters. The Balaban J connectivity index is 1.04. The first kappa shape index (κ1) is 39.5. The highest BCUT2D eigenvalue weighted by molar-refractivity contribution is 5.91. The average Bonchev–Trinajstić information content (AvgIpc) is 3.55. The van der Waals surface area contributed by atoms with E-state index in [2.05, 4.69) is 41.4 Å². The van der Waals surface area contributed by atoms with Crippen molar-refractivity contribution in [1.82, 2.24) is 4.90 Å². The standard InChI is InChI=1S/C48H55F3N2O4/c1-47-30-43(57-37-19-23-42(41(29-37)48(49,50)51)52-45(54)16-11-27-53-25-9-4-10-26-53)46-38-21-18-36(55-31-33-12-5-2-6-13-33)28-35(38)17-20-39(46)40(47)22-24-44(47)56-32-34-14-7-3-8-15-34/h2-3,5-8,12-15,18-19,21,23,28-29,39-40,43-44,46H,4,9-11,16-17,20,22,24-27,30-32H2,1H3,(H,52,54)/t39-,40-,43-,44-,46+,47-/m0/s1. The van der Waals surface area contributed by atoms with Gasteiger partial charge in [0.25, 0.3) is 0 Å². The van der Waals surface area contributed by atoms with Crippen LogP contribution in [0.5, 0.6) is 11.5 Å². The Kier molecular flexibility index (Phi) is 12.0. The average molecular weight is 781 g/mol. The summed E-state index contributed by atoms with van der Waals surface area (Å²) in [6.07, 6.45) is 3.73. The van der Waals surface area contributed by atoms with Crippen LogP contribution in [0.1, 0.15) is 98.4 Å². The molecule has 302 valence electrons. The van der Waals surface area contributed by atoms with Crippen LogP contribution in [0.4, 0.5) is 18.9 Å². The Hall–Kier alpha value is -4.34. The van der Waals surface area contributed by atoms with Gasteiger partial charge < -0.3 is 24.4 Å². The summed E-state index contributed by atoms with van der Waals surface area (Å²) in [5.74, 6) is 1.23. The van der Waals surface area contributed by atoms with Gasteiger partial charge in [-0.1, -0.05) is 80.1 Å². The molecule has 57 heavy (non-hydrogen) atoms. The molecule has 0 spiro atoms. The molecule has 1 amide bonds. The van der Waals surface area contributed by atoms with Crippen LogP contribution in [0.3, 0.4) is 0 Å². The molecule has 3 aliphatic carbocycles. The number of likely N-dealkylation sites (tertiary alicyclic amines) is 1. The predicted molar refractivity (Wildman–Crippen MR) is 216 cm³/mol. The molecule has 0 aromatic heterocycles. The summed E-state index contributed by atoms with van der Waals surface area (Å²) in [7, 11) is 0. The van der Waals surface area contributed by atoms with E-state index in [1.54, 1.807) is 6.07 Å². The van der Waals surface area contributed by atoms with E-state index in [-0.39, 0.29) is 47.3 Å². The van der Waals surface area contributed by atoms with Crippen LogP contribution in [-0.4, -0.2) is 42.6 Å². The molecule has 9 heteroatoms. The number of hydrogen-bond acceptors (Lipinski definition) is 5. The number of carbonyl (C=O) groups is 1. The molecule has 1 N–H and O–H groups in total. The summed E-state index contributed by atoms with van der Waals surface area (Å²) >= 11 is 0. The number of nitrogens with one attached hydrogen (secondary N) is 1. The van der Waals surface area contributed by atoms with Crippen LogP contribution in [0, 0.1) is 17.3 Å². The van der Waals surface area contributed by atoms with E-state index < -0.39 is 17.6 Å². The fourth-order valence-corrected chi connectivity index (χ4v) is 10.5. The Labute approximate surface area is 335 Å². The summed E-state index contributed by atoms with van der Waals surface area (Å²) in [5.41, 5.74) is 3.28. The molecule has 4 aromatic rings. The third kappa shape index (κ3) is 9.05. The zero-order chi connectivity index (χ0) is 39.4. The first-order valence-electron chi connectivity index (χ1n) is 21.0. The van der Waals surface area contributed by atoms with Gasteiger partial charge in [0.05, 0.1) is 24.0 Å². The molecule has 8 rings (SSSR count). The Morgan fingerprint density at radius 1 is 0.842 bits per heavy atom. The quantitative estimate of drug-likeness (QED) is 0.146. The van der Waals surface area contributed by atoms with E-state index in [0.29, 0.717) is 32.0 Å². The lowest BCUT2D eigenvalue weighted by molar-refractivity contribution is -0.137. The maximum atomic E-state index is 14.7. The molecule has 0 unspecified atom stereocenters. The van der Waals surface area contributed by atoms with Crippen molar-refractivity contribution in [3.8, 4) is 11.5 Å². The molecule has 4 aliphatic rings. The fraction of sp³-hybridized carbons (Fsp3) is 0.479. The van der Waals surface area contributed by atoms with Gasteiger partial charge >= 0.3 is 6.18 Å². The summed E-state index contributed by atoms with van der Waals surface area (Å²) < 4.78 is 63.8. The van der Waals surface area contributed by atoms with E-state index in [1.165, 1.54) is 23.6 Å². The molecule has 6 nitrogen and oxygen atoms in total. The lowest BCUT2D eigenvalue weighted by Gasteiger charge is -2.53. The number of halogens is 3. The molecule has 1 aliphatic heterocycles. The van der Waals surface area contributed by atoms with Crippen molar-refractivity contribution in [3.05, 3.63) is 125 Å². The van der Waals surface area contributed by atoms with Crippen molar-refractivity contribution < 1.29 is 32.2 Å². The second-order valence-corrected chi connectivity index (χ2v) is 17.0. The number of aryl methyl sites for hydroxylation is 1. The molecule has 4 aromatic carbocycles. The highest BCUT2D eigenvalue weighted by Crippen LogP contribution is 2.62. The normalized spacial score (nSPS) is 25.9. The van der Waals surface area contributed by atoms with Crippen molar-refractivity contribution in [2.45, 2.75) is 109 Å². The number of carbonyl (C=O) groups excluding carboxylic acids is 1. The lowest BCUT2D eigenvalue weighted by Crippen LogP contribution is -2.52. The number of hydrogen-bond donors (Lipinski definition) is 1. The zero-order valence-corrected chi connectivity index (χ0v) is 32.9. The van der Waals surface area contributed by atoms with Crippen molar-refractivity contribution >= 4 is 11.6 Å². The van der Waals surface area contributed by atoms with Gasteiger partial charge in [0.2, 0.25) is 5.91 Å². The van der Waals surface area contributed by atoms with Crippen LogP contribution in [0.2, 0.25) is 0 Å². The number of nitrogens with zero attached hydrogens (tertiary/aromatic N) is 1. The van der Waals surface area contributed by atoms with Crippen LogP contribution >= 0.6 is 0 Å². The molecule has 3 fully saturated rings. The first-order valence-corrected chi connectivity index (χ1v) is 21.0. The van der Waals surface area contributed by atoms with E-state index in [9.17, 15) is 18.0 Å². The monoisotopic (exact) mass is 780 g/mol. The fourth-order valence-electron chi connectivity index (χ4n) is 10.5. The van der Waals surface area contributed by atoms with Crippen molar-refractivity contribution in [2.24, 2.45) is 17.3 Å². The summed E-state index contributed by atoms with van der Waals surface area (Å²) in [5, 5.41) is 2.58. The number of amides is 1. The van der Waals surface area contributed by atoms with Gasteiger partial charge in [-0.2, -0.15) is 13.2 Å². The van der Waals surface area contributed by atoms with Crippen molar-refractivity contribution in [1.29, 1.82) is 0 Å². The molecular weight excluding hydrogens is 726 g/mol. The highest BCUT2D eigenvalue weighted by atomic mass is 19.4. The summed E-state index contributed by atoms with van der Waals surface area (Å²) in [4.78, 5) is 15.2. The molecule has 0 bridgehead atoms. The Morgan fingerprint density at radius 3 is 2.30 bits per heavy atom. The number of rotatable bonds is 13. The molecule has 0 radical (unpaired) electrons. The smallest absolute Gasteiger partial charge is 0.418 e. The van der Waals surface area contributed by atoms with Crippen molar-refractivity contribution in [3.63, 3.8) is 0 Å². The van der Waals surface area contributed by atoms with Gasteiger partial charge in [0.15, 0.2) is 0 Å². The highest BCUT2D eigenvalue weighted by Gasteiger charge is 2.59. The summed E-state index contributed by atoms with van der Waals surface area (Å²) in [6, 6.07) is 30.6. The van der Waals surface area contributed by atoms with Gasteiger partial charge in [-0.05, 0) is 135 Å². The van der Waals surface area contributed by atoms with E-state index >= 15 is 0 Å². The van der Waals surface area contributed by atoms with E-state index in [1.807, 2.05) is 54.6 Å². The number of benzene rings is 4. The van der Waals surface area contributed by atoms with Gasteiger partial charge in [0.1, 0.15) is 24.2 Å². The van der Waals surface area contributed by atoms with E-state index in [0.717, 1.165) is 81.1 Å². The number of piperidine rings is 1. The maximum absolute atomic E-state index is 14.7. The van der Waals surface area contributed by atoms with Crippen LogP contribution in [-0.2, 0) is 35.3 Å². The minimum absolute atomic E-state index is 0.00292. The number of fused-ring (bicyclic) bond motifs is 5. The first-order chi connectivity index (χ1) is 27.6. The van der Waals surface area contributed by atoms with Crippen molar-refractivity contribution in [2.75, 3.05) is 25.0 Å². The van der Waals surface area contributed by atoms with Crippen LogP contribution in [0.25, 0.3) is 0 Å². The number of alkyl halides is 3. The molecule has 2 saturated carbocycles. The maximum Gasteiger partial charge on any atom is 0.418 e. The van der Waals surface area contributed by atoms with Crippen LogP contribution in [0.15, 0.2) is 97.1 Å². The SMILES string of the molecule is C[C@]12C[C@H](Oc3ccc(NC(=O)CCCN4CCCCC4)c(C(F)(F)F)c3)[C@@H]3c4ccc(OCc5ccccc5)cc4CC[C@H]3[C@@H]1CC[C@@H]2OCc1ccccc1. The van der Waals surface area contributed by atoms with Gasteiger partial charge in [0, 0.05) is 17.8 Å².